The van der Waals surface area contributed by atoms with E-state index in [0.29, 0.717) is 19.8 Å². The van der Waals surface area contributed by atoms with Gasteiger partial charge in [0.25, 0.3) is 0 Å². The van der Waals surface area contributed by atoms with Crippen LogP contribution in [0.2, 0.25) is 0 Å². The SMILES string of the molecule is NCCc1cc(OCCCOc2ccccc2)ccc1Br. The third kappa shape index (κ3) is 5.40. The number of hydrogen-bond acceptors (Lipinski definition) is 3. The molecule has 0 aliphatic carbocycles. The van der Waals surface area contributed by atoms with Crippen molar-refractivity contribution in [1.29, 1.82) is 0 Å². The number of benzene rings is 2. The molecule has 0 bridgehead atoms. The first-order valence-electron chi connectivity index (χ1n) is 7.09. The summed E-state index contributed by atoms with van der Waals surface area (Å²) in [5, 5.41) is 0. The first-order chi connectivity index (χ1) is 10.3. The molecule has 2 N–H and O–H groups in total. The Balaban J connectivity index is 1.72. The molecule has 4 heteroatoms. The van der Waals surface area contributed by atoms with Gasteiger partial charge in [0.2, 0.25) is 0 Å². The number of ether oxygens (including phenoxy) is 2. The van der Waals surface area contributed by atoms with Crippen molar-refractivity contribution in [1.82, 2.24) is 0 Å². The van der Waals surface area contributed by atoms with Crippen LogP contribution in [0.15, 0.2) is 53.0 Å². The zero-order valence-electron chi connectivity index (χ0n) is 11.9. The van der Waals surface area contributed by atoms with E-state index in [1.807, 2.05) is 48.5 Å². The maximum atomic E-state index is 5.74. The second-order valence-electron chi connectivity index (χ2n) is 4.66. The summed E-state index contributed by atoms with van der Waals surface area (Å²) in [4.78, 5) is 0. The molecule has 2 aromatic rings. The molecule has 0 radical (unpaired) electrons. The molecule has 0 spiro atoms. The van der Waals surface area contributed by atoms with Crippen LogP contribution in [-0.2, 0) is 6.42 Å². The van der Waals surface area contributed by atoms with Gasteiger partial charge in [-0.2, -0.15) is 0 Å². The average Bonchev–Trinajstić information content (AvgIpc) is 2.51. The van der Waals surface area contributed by atoms with Crippen LogP contribution in [0.1, 0.15) is 12.0 Å². The van der Waals surface area contributed by atoms with Gasteiger partial charge in [-0.05, 0) is 48.9 Å². The molecule has 0 unspecified atom stereocenters. The van der Waals surface area contributed by atoms with Crippen LogP contribution < -0.4 is 15.2 Å². The zero-order chi connectivity index (χ0) is 14.9. The number of para-hydroxylation sites is 1. The van der Waals surface area contributed by atoms with E-state index in [2.05, 4.69) is 15.9 Å². The molecular formula is C17H20BrNO2. The normalized spacial score (nSPS) is 10.4. The number of nitrogens with two attached hydrogens (primary N) is 1. The molecular weight excluding hydrogens is 330 g/mol. The van der Waals surface area contributed by atoms with Gasteiger partial charge in [-0.1, -0.05) is 34.1 Å². The molecule has 0 aliphatic rings. The highest BCUT2D eigenvalue weighted by molar-refractivity contribution is 9.10. The van der Waals surface area contributed by atoms with Crippen molar-refractivity contribution in [3.8, 4) is 11.5 Å². The quantitative estimate of drug-likeness (QED) is 0.737. The molecule has 0 amide bonds. The van der Waals surface area contributed by atoms with Crippen LogP contribution in [0.5, 0.6) is 11.5 Å². The molecule has 0 atom stereocenters. The molecule has 0 aromatic heterocycles. The summed E-state index contributed by atoms with van der Waals surface area (Å²) >= 11 is 3.52. The van der Waals surface area contributed by atoms with Crippen molar-refractivity contribution in [2.45, 2.75) is 12.8 Å². The molecule has 0 heterocycles. The lowest BCUT2D eigenvalue weighted by Gasteiger charge is -2.10. The lowest BCUT2D eigenvalue weighted by atomic mass is 10.1. The van der Waals surface area contributed by atoms with Gasteiger partial charge in [0, 0.05) is 10.9 Å². The summed E-state index contributed by atoms with van der Waals surface area (Å²) in [6.07, 6.45) is 1.69. The van der Waals surface area contributed by atoms with Gasteiger partial charge in [-0.25, -0.2) is 0 Å². The Hall–Kier alpha value is -1.52. The van der Waals surface area contributed by atoms with Crippen molar-refractivity contribution >= 4 is 15.9 Å². The zero-order valence-corrected chi connectivity index (χ0v) is 13.5. The summed E-state index contributed by atoms with van der Waals surface area (Å²) in [6, 6.07) is 15.8. The summed E-state index contributed by atoms with van der Waals surface area (Å²) < 4.78 is 12.4. The minimum Gasteiger partial charge on any atom is -0.493 e. The maximum absolute atomic E-state index is 5.74. The summed E-state index contributed by atoms with van der Waals surface area (Å²) in [5.41, 5.74) is 6.77. The second-order valence-corrected chi connectivity index (χ2v) is 5.51. The third-order valence-corrected chi connectivity index (χ3v) is 3.77. The second kappa shape index (κ2) is 8.70. The van der Waals surface area contributed by atoms with E-state index in [4.69, 9.17) is 15.2 Å². The topological polar surface area (TPSA) is 44.5 Å². The van der Waals surface area contributed by atoms with Crippen LogP contribution >= 0.6 is 15.9 Å². The lowest BCUT2D eigenvalue weighted by molar-refractivity contribution is 0.247. The predicted octanol–water partition coefficient (Wildman–Crippen LogP) is 3.80. The minimum absolute atomic E-state index is 0.632. The van der Waals surface area contributed by atoms with Gasteiger partial charge in [-0.3, -0.25) is 0 Å². The lowest BCUT2D eigenvalue weighted by Crippen LogP contribution is -2.06. The van der Waals surface area contributed by atoms with Crippen molar-refractivity contribution in [2.24, 2.45) is 5.73 Å². The van der Waals surface area contributed by atoms with Crippen molar-refractivity contribution in [2.75, 3.05) is 19.8 Å². The average molecular weight is 350 g/mol. The number of halogens is 1. The van der Waals surface area contributed by atoms with E-state index in [-0.39, 0.29) is 0 Å². The van der Waals surface area contributed by atoms with Gasteiger partial charge in [-0.15, -0.1) is 0 Å². The van der Waals surface area contributed by atoms with Crippen LogP contribution in [0.25, 0.3) is 0 Å². The van der Waals surface area contributed by atoms with E-state index in [0.717, 1.165) is 28.8 Å². The van der Waals surface area contributed by atoms with Crippen LogP contribution in [-0.4, -0.2) is 19.8 Å². The fourth-order valence-electron chi connectivity index (χ4n) is 1.94. The van der Waals surface area contributed by atoms with Gasteiger partial charge >= 0.3 is 0 Å². The van der Waals surface area contributed by atoms with Gasteiger partial charge < -0.3 is 15.2 Å². The predicted molar refractivity (Wildman–Crippen MR) is 88.9 cm³/mol. The summed E-state index contributed by atoms with van der Waals surface area (Å²) in [5.74, 6) is 1.77. The van der Waals surface area contributed by atoms with E-state index in [1.54, 1.807) is 0 Å². The Morgan fingerprint density at radius 1 is 0.905 bits per heavy atom. The van der Waals surface area contributed by atoms with E-state index < -0.39 is 0 Å². The van der Waals surface area contributed by atoms with Gasteiger partial charge in [0.05, 0.1) is 13.2 Å². The fraction of sp³-hybridized carbons (Fsp3) is 0.294. The Morgan fingerprint density at radius 3 is 2.33 bits per heavy atom. The smallest absolute Gasteiger partial charge is 0.119 e. The van der Waals surface area contributed by atoms with Gasteiger partial charge in [0.15, 0.2) is 0 Å². The Labute approximate surface area is 134 Å². The van der Waals surface area contributed by atoms with Crippen LogP contribution in [0.3, 0.4) is 0 Å². The number of hydrogen-bond donors (Lipinski definition) is 1. The van der Waals surface area contributed by atoms with Gasteiger partial charge in [0.1, 0.15) is 11.5 Å². The summed E-state index contributed by atoms with van der Waals surface area (Å²) in [6.45, 7) is 1.92. The molecule has 0 saturated heterocycles. The molecule has 21 heavy (non-hydrogen) atoms. The Morgan fingerprint density at radius 2 is 1.62 bits per heavy atom. The van der Waals surface area contributed by atoms with Crippen LogP contribution in [0, 0.1) is 0 Å². The Bertz CT molecular complexity index is 546. The Kier molecular flexibility index (Phi) is 6.57. The molecule has 0 aliphatic heterocycles. The molecule has 2 rings (SSSR count). The number of rotatable bonds is 8. The highest BCUT2D eigenvalue weighted by Crippen LogP contribution is 2.23. The first-order valence-corrected chi connectivity index (χ1v) is 7.88. The van der Waals surface area contributed by atoms with Crippen molar-refractivity contribution in [3.05, 3.63) is 58.6 Å². The molecule has 112 valence electrons. The van der Waals surface area contributed by atoms with E-state index in [1.165, 1.54) is 5.56 Å². The highest BCUT2D eigenvalue weighted by atomic mass is 79.9. The third-order valence-electron chi connectivity index (χ3n) is 3.00. The van der Waals surface area contributed by atoms with E-state index in [9.17, 15) is 0 Å². The fourth-order valence-corrected chi connectivity index (χ4v) is 2.39. The molecule has 0 fully saturated rings. The monoisotopic (exact) mass is 349 g/mol. The van der Waals surface area contributed by atoms with Crippen molar-refractivity contribution in [3.63, 3.8) is 0 Å². The molecule has 2 aromatic carbocycles. The van der Waals surface area contributed by atoms with Crippen LogP contribution in [0.4, 0.5) is 0 Å². The first kappa shape index (κ1) is 15.9. The summed E-state index contributed by atoms with van der Waals surface area (Å²) in [7, 11) is 0. The van der Waals surface area contributed by atoms with E-state index >= 15 is 0 Å². The highest BCUT2D eigenvalue weighted by Gasteiger charge is 2.02. The molecule has 3 nitrogen and oxygen atoms in total. The maximum Gasteiger partial charge on any atom is 0.119 e. The minimum atomic E-state index is 0.632. The van der Waals surface area contributed by atoms with Crippen molar-refractivity contribution < 1.29 is 9.47 Å². The largest absolute Gasteiger partial charge is 0.493 e. The standard InChI is InChI=1S/C17H20BrNO2/c18-17-8-7-16(13-14(17)9-10-19)21-12-4-11-20-15-5-2-1-3-6-15/h1-3,5-8,13H,4,9-12,19H2. The molecule has 0 saturated carbocycles.